The van der Waals surface area contributed by atoms with E-state index in [-0.39, 0.29) is 29.6 Å². The van der Waals surface area contributed by atoms with Crippen LogP contribution in [0.1, 0.15) is 52.4 Å². The van der Waals surface area contributed by atoms with Crippen LogP contribution in [0.2, 0.25) is 5.02 Å². The number of piperidine rings is 1. The summed E-state index contributed by atoms with van der Waals surface area (Å²) in [5, 5.41) is 4.50. The zero-order valence-corrected chi connectivity index (χ0v) is 20.2. The molecule has 1 fully saturated rings. The van der Waals surface area contributed by atoms with Crippen molar-refractivity contribution in [3.05, 3.63) is 75.5 Å². The smallest absolute Gasteiger partial charge is 0.309 e. The maximum atomic E-state index is 12.7. The summed E-state index contributed by atoms with van der Waals surface area (Å²) in [7, 11) is 0. The number of amides is 1. The van der Waals surface area contributed by atoms with Crippen molar-refractivity contribution in [2.75, 3.05) is 25.0 Å². The number of ether oxygens (including phenoxy) is 1. The van der Waals surface area contributed by atoms with Crippen LogP contribution in [0.3, 0.4) is 0 Å². The Hall–Kier alpha value is -2.61. The molecule has 0 radical (unpaired) electrons. The first-order valence-corrected chi connectivity index (χ1v) is 12.3. The van der Waals surface area contributed by atoms with Gasteiger partial charge in [-0.15, -0.1) is 11.3 Å². The first-order valence-electron chi connectivity index (χ1n) is 11.1. The zero-order valence-electron chi connectivity index (χ0n) is 18.7. The Morgan fingerprint density at radius 1 is 1.24 bits per heavy atom. The first-order chi connectivity index (χ1) is 16.0. The molecule has 174 valence electrons. The number of carbonyl (C=O) groups excluding carboxylic acids is 2. The second-order valence-corrected chi connectivity index (χ2v) is 9.78. The van der Waals surface area contributed by atoms with Crippen molar-refractivity contribution in [2.24, 2.45) is 5.92 Å². The third kappa shape index (κ3) is 5.49. The van der Waals surface area contributed by atoms with Crippen LogP contribution in [0.5, 0.6) is 0 Å². The summed E-state index contributed by atoms with van der Waals surface area (Å²) in [6.07, 6.45) is 2.96. The van der Waals surface area contributed by atoms with E-state index < -0.39 is 0 Å². The number of furan rings is 1. The number of rotatable bonds is 7. The van der Waals surface area contributed by atoms with Gasteiger partial charge in [0.25, 0.3) is 5.91 Å². The molecule has 1 aliphatic heterocycles. The van der Waals surface area contributed by atoms with Gasteiger partial charge < -0.3 is 14.5 Å². The van der Waals surface area contributed by atoms with Crippen LogP contribution in [-0.2, 0) is 9.53 Å². The van der Waals surface area contributed by atoms with Gasteiger partial charge in [0.15, 0.2) is 5.76 Å². The lowest BCUT2D eigenvalue weighted by molar-refractivity contribution is -0.149. The number of carbonyl (C=O) groups is 2. The molecule has 0 saturated carbocycles. The molecule has 0 bridgehead atoms. The normalized spacial score (nSPS) is 15.8. The number of nitrogens with zero attached hydrogens (tertiary/aromatic N) is 1. The third-order valence-electron chi connectivity index (χ3n) is 5.85. The van der Waals surface area contributed by atoms with Gasteiger partial charge in [-0.1, -0.05) is 23.7 Å². The Labute approximate surface area is 202 Å². The van der Waals surface area contributed by atoms with Gasteiger partial charge in [-0.05, 0) is 75.7 Å². The molecule has 1 aromatic carbocycles. The fourth-order valence-corrected chi connectivity index (χ4v) is 5.36. The number of anilines is 1. The maximum Gasteiger partial charge on any atom is 0.309 e. The van der Waals surface area contributed by atoms with Crippen LogP contribution >= 0.6 is 22.9 Å². The lowest BCUT2D eigenvalue weighted by Gasteiger charge is -2.37. The molecule has 33 heavy (non-hydrogen) atoms. The molecule has 1 N–H and O–H groups in total. The lowest BCUT2D eigenvalue weighted by Crippen LogP contribution is -2.39. The van der Waals surface area contributed by atoms with Crippen molar-refractivity contribution in [3.8, 4) is 0 Å². The minimum absolute atomic E-state index is 0.0746. The van der Waals surface area contributed by atoms with Crippen LogP contribution < -0.4 is 5.32 Å². The number of esters is 1. The summed E-state index contributed by atoms with van der Waals surface area (Å²) >= 11 is 7.70. The first kappa shape index (κ1) is 23.5. The number of likely N-dealkylation sites (tertiary alicyclic amines) is 1. The highest BCUT2D eigenvalue weighted by atomic mass is 35.5. The second-order valence-electron chi connectivity index (χ2n) is 8.09. The van der Waals surface area contributed by atoms with E-state index in [4.69, 9.17) is 20.8 Å². The van der Waals surface area contributed by atoms with E-state index in [1.54, 1.807) is 23.5 Å². The van der Waals surface area contributed by atoms with Gasteiger partial charge in [-0.3, -0.25) is 14.5 Å². The van der Waals surface area contributed by atoms with E-state index in [0.717, 1.165) is 46.9 Å². The van der Waals surface area contributed by atoms with Gasteiger partial charge in [0.05, 0.1) is 24.8 Å². The van der Waals surface area contributed by atoms with Gasteiger partial charge in [0, 0.05) is 15.5 Å². The van der Waals surface area contributed by atoms with E-state index in [1.807, 2.05) is 38.1 Å². The highest BCUT2D eigenvalue weighted by molar-refractivity contribution is 7.16. The molecule has 2 aromatic heterocycles. The Morgan fingerprint density at radius 3 is 2.61 bits per heavy atom. The molecule has 0 spiro atoms. The van der Waals surface area contributed by atoms with Crippen LogP contribution in [0.15, 0.2) is 53.1 Å². The molecule has 8 heteroatoms. The molecule has 3 aromatic rings. The average Bonchev–Trinajstić information content (AvgIpc) is 3.46. The fraction of sp³-hybridized carbons (Fsp3) is 0.360. The number of halogens is 1. The van der Waals surface area contributed by atoms with Crippen LogP contribution in [0, 0.1) is 12.8 Å². The lowest BCUT2D eigenvalue weighted by atomic mass is 9.92. The van der Waals surface area contributed by atoms with E-state index >= 15 is 0 Å². The van der Waals surface area contributed by atoms with Crippen molar-refractivity contribution >= 4 is 39.8 Å². The second kappa shape index (κ2) is 10.5. The minimum atomic E-state index is -0.279. The molecule has 1 amide bonds. The van der Waals surface area contributed by atoms with Gasteiger partial charge in [-0.2, -0.15) is 0 Å². The predicted molar refractivity (Wildman–Crippen MR) is 130 cm³/mol. The summed E-state index contributed by atoms with van der Waals surface area (Å²) in [6.45, 7) is 5.76. The number of aryl methyl sites for hydroxylation is 1. The zero-order chi connectivity index (χ0) is 23.4. The summed E-state index contributed by atoms with van der Waals surface area (Å²) in [5.74, 6) is -0.198. The summed E-state index contributed by atoms with van der Waals surface area (Å²) in [5.41, 5.74) is 2.11. The highest BCUT2D eigenvalue weighted by Gasteiger charge is 2.33. The van der Waals surface area contributed by atoms with Gasteiger partial charge in [0.1, 0.15) is 5.00 Å². The van der Waals surface area contributed by atoms with Gasteiger partial charge in [0.2, 0.25) is 0 Å². The summed E-state index contributed by atoms with van der Waals surface area (Å²) in [6, 6.07) is 13.2. The van der Waals surface area contributed by atoms with Crippen molar-refractivity contribution in [1.82, 2.24) is 4.90 Å². The van der Waals surface area contributed by atoms with E-state index in [0.29, 0.717) is 11.6 Å². The SMILES string of the molecule is CCOC(=O)C1CCN(C(c2ccc(Cl)cc2)c2cc(C)sc2NC(=O)c2ccco2)CC1. The van der Waals surface area contributed by atoms with Gasteiger partial charge in [-0.25, -0.2) is 0 Å². The van der Waals surface area contributed by atoms with Gasteiger partial charge >= 0.3 is 5.97 Å². The molecule has 1 saturated heterocycles. The Balaban J connectivity index is 1.63. The molecule has 0 aliphatic carbocycles. The number of thiophene rings is 1. The Bertz CT molecular complexity index is 1090. The average molecular weight is 487 g/mol. The van der Waals surface area contributed by atoms with Crippen LogP contribution in [0.25, 0.3) is 0 Å². The van der Waals surface area contributed by atoms with Crippen molar-refractivity contribution < 1.29 is 18.7 Å². The van der Waals surface area contributed by atoms with Crippen molar-refractivity contribution in [2.45, 2.75) is 32.7 Å². The molecule has 1 unspecified atom stereocenters. The predicted octanol–water partition coefficient (Wildman–Crippen LogP) is 5.92. The molecule has 1 atom stereocenters. The van der Waals surface area contributed by atoms with Crippen LogP contribution in [-0.4, -0.2) is 36.5 Å². The molecular weight excluding hydrogens is 460 g/mol. The molecular formula is C25H27ClN2O4S. The monoisotopic (exact) mass is 486 g/mol. The van der Waals surface area contributed by atoms with E-state index in [1.165, 1.54) is 6.26 Å². The molecule has 4 rings (SSSR count). The fourth-order valence-electron chi connectivity index (χ4n) is 4.29. The topological polar surface area (TPSA) is 71.8 Å². The molecule has 1 aliphatic rings. The largest absolute Gasteiger partial charge is 0.466 e. The Kier molecular flexibility index (Phi) is 7.53. The number of nitrogens with one attached hydrogen (secondary N) is 1. The Morgan fingerprint density at radius 2 is 1.97 bits per heavy atom. The van der Waals surface area contributed by atoms with Crippen molar-refractivity contribution in [3.63, 3.8) is 0 Å². The summed E-state index contributed by atoms with van der Waals surface area (Å²) < 4.78 is 10.5. The molecule has 3 heterocycles. The minimum Gasteiger partial charge on any atom is -0.466 e. The quantitative estimate of drug-likeness (QED) is 0.420. The number of benzene rings is 1. The van der Waals surface area contributed by atoms with E-state index in [2.05, 4.69) is 16.3 Å². The van der Waals surface area contributed by atoms with Crippen LogP contribution in [0.4, 0.5) is 5.00 Å². The highest BCUT2D eigenvalue weighted by Crippen LogP contribution is 2.41. The molecule has 6 nitrogen and oxygen atoms in total. The third-order valence-corrected chi connectivity index (χ3v) is 7.08. The standard InChI is InChI=1S/C25H27ClN2O4S/c1-3-31-25(30)18-10-12-28(13-11-18)22(17-6-8-19(26)9-7-17)20-15-16(2)33-24(20)27-23(29)21-5-4-14-32-21/h4-9,14-15,18,22H,3,10-13H2,1-2H3,(H,27,29). The number of hydrogen-bond donors (Lipinski definition) is 1. The maximum absolute atomic E-state index is 12.7. The van der Waals surface area contributed by atoms with E-state index in [9.17, 15) is 9.59 Å². The number of hydrogen-bond acceptors (Lipinski definition) is 6. The van der Waals surface area contributed by atoms with Crippen molar-refractivity contribution in [1.29, 1.82) is 0 Å². The summed E-state index contributed by atoms with van der Waals surface area (Å²) in [4.78, 5) is 28.4.